The van der Waals surface area contributed by atoms with Gasteiger partial charge in [-0.05, 0) is 35.9 Å². The summed E-state index contributed by atoms with van der Waals surface area (Å²) in [6.07, 6.45) is 0.204. The summed E-state index contributed by atoms with van der Waals surface area (Å²) in [6, 6.07) is 10.7. The van der Waals surface area contributed by atoms with Gasteiger partial charge in [0, 0.05) is 18.7 Å². The van der Waals surface area contributed by atoms with Gasteiger partial charge in [-0.25, -0.2) is 4.98 Å². The van der Waals surface area contributed by atoms with Crippen LogP contribution in [0, 0.1) is 0 Å². The molecule has 0 saturated carbocycles. The van der Waals surface area contributed by atoms with Crippen LogP contribution in [-0.2, 0) is 22.5 Å². The number of halogens is 1. The average Bonchev–Trinajstić information content (AvgIpc) is 3.12. The highest BCUT2D eigenvalue weighted by Gasteiger charge is 2.18. The molecule has 29 heavy (non-hydrogen) atoms. The molecule has 0 N–H and O–H groups in total. The summed E-state index contributed by atoms with van der Waals surface area (Å²) in [5, 5.41) is 0.582. The molecule has 0 bridgehead atoms. The number of nitrogens with zero attached hydrogens (tertiary/aromatic N) is 2. The Hall–Kier alpha value is -2.77. The molecule has 0 atom stereocenters. The van der Waals surface area contributed by atoms with Gasteiger partial charge in [-0.1, -0.05) is 17.7 Å². The molecule has 0 fully saturated rings. The molecule has 2 aromatic carbocycles. The molecule has 0 spiro atoms. The van der Waals surface area contributed by atoms with E-state index in [0.717, 1.165) is 5.56 Å². The summed E-state index contributed by atoms with van der Waals surface area (Å²) in [7, 11) is 4.73. The van der Waals surface area contributed by atoms with Crippen molar-refractivity contribution in [1.29, 1.82) is 0 Å². The quantitative estimate of drug-likeness (QED) is 0.527. The highest BCUT2D eigenvalue weighted by Crippen LogP contribution is 2.28. The first kappa shape index (κ1) is 21.0. The number of oxazole rings is 1. The van der Waals surface area contributed by atoms with Crippen LogP contribution in [0.15, 0.2) is 40.8 Å². The van der Waals surface area contributed by atoms with E-state index in [9.17, 15) is 4.79 Å². The fourth-order valence-corrected chi connectivity index (χ4v) is 3.12. The van der Waals surface area contributed by atoms with Crippen molar-refractivity contribution in [3.63, 3.8) is 0 Å². The van der Waals surface area contributed by atoms with Crippen LogP contribution in [-0.4, -0.2) is 50.3 Å². The third-order valence-corrected chi connectivity index (χ3v) is 4.68. The zero-order valence-corrected chi connectivity index (χ0v) is 17.4. The van der Waals surface area contributed by atoms with E-state index < -0.39 is 0 Å². The van der Waals surface area contributed by atoms with Gasteiger partial charge in [-0.3, -0.25) is 4.79 Å². The fraction of sp³-hybridized carbons (Fsp3) is 0.333. The van der Waals surface area contributed by atoms with Crippen LogP contribution in [0.25, 0.3) is 11.1 Å². The van der Waals surface area contributed by atoms with Crippen LogP contribution >= 0.6 is 11.6 Å². The number of benzene rings is 2. The van der Waals surface area contributed by atoms with E-state index in [4.69, 9.17) is 30.2 Å². The number of carbonyl (C=O) groups excluding carboxylic acids is 1. The summed E-state index contributed by atoms with van der Waals surface area (Å²) in [4.78, 5) is 19.1. The van der Waals surface area contributed by atoms with E-state index in [2.05, 4.69) is 4.98 Å². The number of methoxy groups -OCH3 is 3. The molecule has 1 aromatic heterocycles. The second-order valence-corrected chi connectivity index (χ2v) is 6.83. The lowest BCUT2D eigenvalue weighted by atomic mass is 10.1. The van der Waals surface area contributed by atoms with Gasteiger partial charge in [0.2, 0.25) is 11.8 Å². The Kier molecular flexibility index (Phi) is 6.95. The van der Waals surface area contributed by atoms with Crippen LogP contribution in [0.5, 0.6) is 11.5 Å². The SMILES string of the molecule is COCCN(Cc1nc2cc(Cl)ccc2o1)C(=O)Cc1ccc(OC)c(OC)c1. The molecule has 0 saturated heterocycles. The highest BCUT2D eigenvalue weighted by atomic mass is 35.5. The van der Waals surface area contributed by atoms with E-state index in [1.807, 2.05) is 6.07 Å². The Balaban J connectivity index is 1.77. The maximum absolute atomic E-state index is 13.0. The molecule has 0 aliphatic carbocycles. The van der Waals surface area contributed by atoms with Gasteiger partial charge in [0.15, 0.2) is 17.1 Å². The number of amides is 1. The lowest BCUT2D eigenvalue weighted by molar-refractivity contribution is -0.132. The summed E-state index contributed by atoms with van der Waals surface area (Å²) < 4.78 is 21.5. The van der Waals surface area contributed by atoms with Gasteiger partial charge >= 0.3 is 0 Å². The predicted molar refractivity (Wildman–Crippen MR) is 110 cm³/mol. The lowest BCUT2D eigenvalue weighted by Gasteiger charge is -2.21. The molecule has 3 aromatic rings. The largest absolute Gasteiger partial charge is 0.493 e. The molecule has 3 rings (SSSR count). The molecule has 0 radical (unpaired) electrons. The van der Waals surface area contributed by atoms with Gasteiger partial charge in [0.05, 0.1) is 33.8 Å². The zero-order valence-electron chi connectivity index (χ0n) is 16.6. The van der Waals surface area contributed by atoms with Crippen molar-refractivity contribution in [2.45, 2.75) is 13.0 Å². The Morgan fingerprint density at radius 3 is 2.62 bits per heavy atom. The van der Waals surface area contributed by atoms with Gasteiger partial charge in [0.25, 0.3) is 0 Å². The first-order valence-electron chi connectivity index (χ1n) is 9.06. The zero-order chi connectivity index (χ0) is 20.8. The number of hydrogen-bond donors (Lipinski definition) is 0. The summed E-state index contributed by atoms with van der Waals surface area (Å²) >= 11 is 6.01. The minimum absolute atomic E-state index is 0.0745. The monoisotopic (exact) mass is 418 g/mol. The maximum Gasteiger partial charge on any atom is 0.227 e. The first-order chi connectivity index (χ1) is 14.0. The Morgan fingerprint density at radius 1 is 1.10 bits per heavy atom. The Labute approximate surface area is 174 Å². The van der Waals surface area contributed by atoms with Crippen molar-refractivity contribution >= 4 is 28.6 Å². The van der Waals surface area contributed by atoms with Gasteiger partial charge in [0.1, 0.15) is 5.52 Å². The molecular weight excluding hydrogens is 396 g/mol. The highest BCUT2D eigenvalue weighted by molar-refractivity contribution is 6.31. The van der Waals surface area contributed by atoms with E-state index >= 15 is 0 Å². The molecule has 0 aliphatic rings. The topological polar surface area (TPSA) is 74.0 Å². The fourth-order valence-electron chi connectivity index (χ4n) is 2.95. The van der Waals surface area contributed by atoms with Crippen molar-refractivity contribution in [2.24, 2.45) is 0 Å². The first-order valence-corrected chi connectivity index (χ1v) is 9.44. The number of aromatic nitrogens is 1. The summed E-state index contributed by atoms with van der Waals surface area (Å²) in [6.45, 7) is 1.06. The van der Waals surface area contributed by atoms with Crippen molar-refractivity contribution < 1.29 is 23.4 Å². The molecule has 154 valence electrons. The minimum atomic E-state index is -0.0745. The third-order valence-electron chi connectivity index (χ3n) is 4.44. The molecule has 7 nitrogen and oxygen atoms in total. The predicted octanol–water partition coefficient (Wildman–Crippen LogP) is 3.72. The van der Waals surface area contributed by atoms with Crippen molar-refractivity contribution in [1.82, 2.24) is 9.88 Å². The minimum Gasteiger partial charge on any atom is -0.493 e. The van der Waals surface area contributed by atoms with Crippen molar-refractivity contribution in [2.75, 3.05) is 34.5 Å². The van der Waals surface area contributed by atoms with E-state index in [1.165, 1.54) is 0 Å². The van der Waals surface area contributed by atoms with Crippen LogP contribution in [0.4, 0.5) is 0 Å². The average molecular weight is 419 g/mol. The van der Waals surface area contributed by atoms with Gasteiger partial charge < -0.3 is 23.5 Å². The van der Waals surface area contributed by atoms with Crippen LogP contribution < -0.4 is 9.47 Å². The lowest BCUT2D eigenvalue weighted by Crippen LogP contribution is -2.34. The summed E-state index contributed by atoms with van der Waals surface area (Å²) in [5.41, 5.74) is 2.11. The number of carbonyl (C=O) groups is 1. The number of rotatable bonds is 9. The number of fused-ring (bicyclic) bond motifs is 1. The number of hydrogen-bond acceptors (Lipinski definition) is 6. The standard InChI is InChI=1S/C21H23ClN2O5/c1-26-9-8-24(13-20-23-16-12-15(22)5-7-17(16)29-20)21(25)11-14-4-6-18(27-2)19(10-14)28-3/h4-7,10,12H,8-9,11,13H2,1-3H3. The molecule has 0 aliphatic heterocycles. The molecular formula is C21H23ClN2O5. The van der Waals surface area contributed by atoms with Gasteiger partial charge in [-0.15, -0.1) is 0 Å². The van der Waals surface area contributed by atoms with E-state index in [0.29, 0.717) is 46.7 Å². The Bertz CT molecular complexity index is 988. The maximum atomic E-state index is 13.0. The van der Waals surface area contributed by atoms with Crippen LogP contribution in [0.3, 0.4) is 0 Å². The van der Waals surface area contributed by atoms with Crippen molar-refractivity contribution in [3.8, 4) is 11.5 Å². The van der Waals surface area contributed by atoms with E-state index in [1.54, 1.807) is 56.6 Å². The molecule has 0 unspecified atom stereocenters. The summed E-state index contributed by atoms with van der Waals surface area (Å²) in [5.74, 6) is 1.57. The number of ether oxygens (including phenoxy) is 3. The van der Waals surface area contributed by atoms with Crippen LogP contribution in [0.2, 0.25) is 5.02 Å². The molecule has 1 heterocycles. The second-order valence-electron chi connectivity index (χ2n) is 6.39. The van der Waals surface area contributed by atoms with Gasteiger partial charge in [-0.2, -0.15) is 0 Å². The van der Waals surface area contributed by atoms with Crippen molar-refractivity contribution in [3.05, 3.63) is 52.9 Å². The van der Waals surface area contributed by atoms with Crippen LogP contribution in [0.1, 0.15) is 11.5 Å². The normalized spacial score (nSPS) is 10.9. The second kappa shape index (κ2) is 9.62. The Morgan fingerprint density at radius 2 is 1.90 bits per heavy atom. The van der Waals surface area contributed by atoms with E-state index in [-0.39, 0.29) is 18.9 Å². The molecule has 1 amide bonds. The third kappa shape index (κ3) is 5.19. The molecule has 8 heteroatoms. The smallest absolute Gasteiger partial charge is 0.227 e.